The van der Waals surface area contributed by atoms with Gasteiger partial charge in [0.25, 0.3) is 0 Å². The molecule has 1 heterocycles. The Balaban J connectivity index is 2.28. The molecule has 1 atom stereocenters. The van der Waals surface area contributed by atoms with E-state index in [4.69, 9.17) is 0 Å². The monoisotopic (exact) mass is 281 g/mol. The second-order valence-corrected chi connectivity index (χ2v) is 8.34. The lowest BCUT2D eigenvalue weighted by Crippen LogP contribution is -2.29. The molecular formula is C15H23NO2S. The van der Waals surface area contributed by atoms with Crippen molar-refractivity contribution < 1.29 is 8.42 Å². The number of nitrogens with zero attached hydrogens (tertiary/aromatic N) is 1. The summed E-state index contributed by atoms with van der Waals surface area (Å²) in [6.45, 7) is 7.19. The summed E-state index contributed by atoms with van der Waals surface area (Å²) < 4.78 is 25.2. The molecule has 1 fully saturated rings. The van der Waals surface area contributed by atoms with E-state index in [2.05, 4.69) is 45.0 Å². The smallest absolute Gasteiger partial charge is 0.211 e. The summed E-state index contributed by atoms with van der Waals surface area (Å²) in [5.74, 6) is 0. The molecule has 0 amide bonds. The van der Waals surface area contributed by atoms with E-state index in [0.29, 0.717) is 6.54 Å². The third-order valence-corrected chi connectivity index (χ3v) is 5.08. The Morgan fingerprint density at radius 1 is 1.16 bits per heavy atom. The molecule has 1 aliphatic heterocycles. The van der Waals surface area contributed by atoms with E-state index in [1.807, 2.05) is 0 Å². The summed E-state index contributed by atoms with van der Waals surface area (Å²) >= 11 is 0. The number of rotatable bonds is 2. The van der Waals surface area contributed by atoms with Crippen LogP contribution in [0.5, 0.6) is 0 Å². The van der Waals surface area contributed by atoms with Crippen molar-refractivity contribution in [2.24, 2.45) is 0 Å². The zero-order valence-electron chi connectivity index (χ0n) is 12.2. The normalized spacial score (nSPS) is 21.8. The van der Waals surface area contributed by atoms with Crippen molar-refractivity contribution in [2.75, 3.05) is 12.8 Å². The molecule has 3 nitrogen and oxygen atoms in total. The first-order chi connectivity index (χ1) is 8.69. The van der Waals surface area contributed by atoms with Gasteiger partial charge in [-0.25, -0.2) is 8.42 Å². The van der Waals surface area contributed by atoms with E-state index < -0.39 is 10.0 Å². The van der Waals surface area contributed by atoms with Gasteiger partial charge in [-0.3, -0.25) is 0 Å². The standard InChI is InChI=1S/C15H23NO2S/c1-15(2,3)13-9-7-12(8-10-13)14-6-5-11-16(14)19(4,17)18/h7-10,14H,5-6,11H2,1-4H3. The Bertz CT molecular complexity index is 541. The van der Waals surface area contributed by atoms with Gasteiger partial charge < -0.3 is 0 Å². The van der Waals surface area contributed by atoms with Crippen LogP contribution in [0.4, 0.5) is 0 Å². The molecule has 0 spiro atoms. The van der Waals surface area contributed by atoms with Gasteiger partial charge in [-0.05, 0) is 29.4 Å². The summed E-state index contributed by atoms with van der Waals surface area (Å²) in [5.41, 5.74) is 2.51. The van der Waals surface area contributed by atoms with Crippen LogP contribution in [0.1, 0.15) is 50.8 Å². The van der Waals surface area contributed by atoms with Crippen molar-refractivity contribution in [3.05, 3.63) is 35.4 Å². The average Bonchev–Trinajstić information content (AvgIpc) is 2.76. The van der Waals surface area contributed by atoms with E-state index in [1.165, 1.54) is 11.8 Å². The summed E-state index contributed by atoms with van der Waals surface area (Å²) in [5, 5.41) is 0. The van der Waals surface area contributed by atoms with Crippen molar-refractivity contribution in [3.8, 4) is 0 Å². The molecule has 1 aromatic carbocycles. The molecule has 0 N–H and O–H groups in total. The molecule has 1 aliphatic rings. The van der Waals surface area contributed by atoms with Crippen molar-refractivity contribution in [2.45, 2.75) is 45.1 Å². The van der Waals surface area contributed by atoms with Gasteiger partial charge in [0.15, 0.2) is 0 Å². The van der Waals surface area contributed by atoms with Crippen LogP contribution in [-0.4, -0.2) is 25.5 Å². The molecule has 19 heavy (non-hydrogen) atoms. The van der Waals surface area contributed by atoms with Crippen LogP contribution in [0.25, 0.3) is 0 Å². The van der Waals surface area contributed by atoms with Crippen LogP contribution in [0.3, 0.4) is 0 Å². The molecule has 1 aromatic rings. The minimum absolute atomic E-state index is 0.0176. The van der Waals surface area contributed by atoms with Crippen molar-refractivity contribution in [1.29, 1.82) is 0 Å². The zero-order chi connectivity index (χ0) is 14.3. The maximum atomic E-state index is 11.8. The predicted molar refractivity (Wildman–Crippen MR) is 78.7 cm³/mol. The van der Waals surface area contributed by atoms with Gasteiger partial charge in [0, 0.05) is 12.6 Å². The largest absolute Gasteiger partial charge is 0.212 e. The third kappa shape index (κ3) is 3.18. The average molecular weight is 281 g/mol. The molecular weight excluding hydrogens is 258 g/mol. The van der Waals surface area contributed by atoms with E-state index >= 15 is 0 Å². The maximum Gasteiger partial charge on any atom is 0.211 e. The lowest BCUT2D eigenvalue weighted by Gasteiger charge is -2.24. The van der Waals surface area contributed by atoms with Gasteiger partial charge in [-0.15, -0.1) is 0 Å². The van der Waals surface area contributed by atoms with Gasteiger partial charge in [0.2, 0.25) is 10.0 Å². The van der Waals surface area contributed by atoms with Crippen LogP contribution >= 0.6 is 0 Å². The molecule has 0 radical (unpaired) electrons. The quantitative estimate of drug-likeness (QED) is 0.835. The first-order valence-electron chi connectivity index (χ1n) is 6.77. The zero-order valence-corrected chi connectivity index (χ0v) is 13.0. The Kier molecular flexibility index (Phi) is 3.76. The first-order valence-corrected chi connectivity index (χ1v) is 8.62. The van der Waals surface area contributed by atoms with Crippen LogP contribution in [0, 0.1) is 0 Å². The molecule has 0 bridgehead atoms. The minimum Gasteiger partial charge on any atom is -0.212 e. The topological polar surface area (TPSA) is 37.4 Å². The fraction of sp³-hybridized carbons (Fsp3) is 0.600. The Morgan fingerprint density at radius 2 is 1.74 bits per heavy atom. The van der Waals surface area contributed by atoms with Gasteiger partial charge in [-0.2, -0.15) is 4.31 Å². The van der Waals surface area contributed by atoms with Gasteiger partial charge >= 0.3 is 0 Å². The lowest BCUT2D eigenvalue weighted by molar-refractivity contribution is 0.400. The van der Waals surface area contributed by atoms with Gasteiger partial charge in [0.1, 0.15) is 0 Å². The molecule has 106 valence electrons. The Morgan fingerprint density at radius 3 is 2.21 bits per heavy atom. The summed E-state index contributed by atoms with van der Waals surface area (Å²) in [6.07, 6.45) is 3.16. The molecule has 1 saturated heterocycles. The molecule has 4 heteroatoms. The van der Waals surface area contributed by atoms with Crippen molar-refractivity contribution in [3.63, 3.8) is 0 Å². The maximum absolute atomic E-state index is 11.8. The van der Waals surface area contributed by atoms with Gasteiger partial charge in [-0.1, -0.05) is 45.0 Å². The summed E-state index contributed by atoms with van der Waals surface area (Å²) in [4.78, 5) is 0. The van der Waals surface area contributed by atoms with Crippen LogP contribution in [0.2, 0.25) is 0 Å². The second kappa shape index (κ2) is 4.91. The summed E-state index contributed by atoms with van der Waals surface area (Å²) in [6, 6.07) is 8.41. The third-order valence-electron chi connectivity index (χ3n) is 3.79. The fourth-order valence-electron chi connectivity index (χ4n) is 2.68. The number of hydrogen-bond donors (Lipinski definition) is 0. The van der Waals surface area contributed by atoms with E-state index in [-0.39, 0.29) is 11.5 Å². The molecule has 0 aromatic heterocycles. The SMILES string of the molecule is CC(C)(C)c1ccc(C2CCCN2S(C)(=O)=O)cc1. The molecule has 0 saturated carbocycles. The first kappa shape index (κ1) is 14.5. The minimum atomic E-state index is -3.11. The Hall–Kier alpha value is -0.870. The van der Waals surface area contributed by atoms with Crippen LogP contribution < -0.4 is 0 Å². The van der Waals surface area contributed by atoms with E-state index in [1.54, 1.807) is 4.31 Å². The summed E-state index contributed by atoms with van der Waals surface area (Å²) in [7, 11) is -3.11. The lowest BCUT2D eigenvalue weighted by atomic mass is 9.86. The molecule has 0 aliphatic carbocycles. The van der Waals surface area contributed by atoms with E-state index in [9.17, 15) is 8.42 Å². The molecule has 1 unspecified atom stereocenters. The second-order valence-electron chi connectivity index (χ2n) is 6.40. The van der Waals surface area contributed by atoms with Gasteiger partial charge in [0.05, 0.1) is 6.26 Å². The number of benzene rings is 1. The number of sulfonamides is 1. The van der Waals surface area contributed by atoms with Crippen molar-refractivity contribution in [1.82, 2.24) is 4.31 Å². The van der Waals surface area contributed by atoms with Crippen LogP contribution in [0.15, 0.2) is 24.3 Å². The highest BCUT2D eigenvalue weighted by atomic mass is 32.2. The van der Waals surface area contributed by atoms with Crippen LogP contribution in [-0.2, 0) is 15.4 Å². The fourth-order valence-corrected chi connectivity index (χ4v) is 3.83. The highest BCUT2D eigenvalue weighted by molar-refractivity contribution is 7.88. The number of hydrogen-bond acceptors (Lipinski definition) is 2. The highest BCUT2D eigenvalue weighted by Gasteiger charge is 2.32. The van der Waals surface area contributed by atoms with E-state index in [0.717, 1.165) is 18.4 Å². The highest BCUT2D eigenvalue weighted by Crippen LogP contribution is 2.34. The Labute approximate surface area is 116 Å². The molecule has 2 rings (SSSR count). The predicted octanol–water partition coefficient (Wildman–Crippen LogP) is 3.08. The van der Waals surface area contributed by atoms with Crippen molar-refractivity contribution >= 4 is 10.0 Å².